The number of halogens is 1. The summed E-state index contributed by atoms with van der Waals surface area (Å²) in [5.41, 5.74) is 4.49. The van der Waals surface area contributed by atoms with Gasteiger partial charge < -0.3 is 10.2 Å². The summed E-state index contributed by atoms with van der Waals surface area (Å²) >= 11 is 3.42. The highest BCUT2D eigenvalue weighted by Crippen LogP contribution is 2.30. The van der Waals surface area contributed by atoms with E-state index in [-0.39, 0.29) is 6.03 Å². The smallest absolute Gasteiger partial charge is 0.308 e. The second kappa shape index (κ2) is 10.6. The van der Waals surface area contributed by atoms with Crippen LogP contribution in [0.4, 0.5) is 16.2 Å². The van der Waals surface area contributed by atoms with Crippen LogP contribution in [0.2, 0.25) is 0 Å². The Morgan fingerprint density at radius 3 is 2.76 bits per heavy atom. The first-order valence-corrected chi connectivity index (χ1v) is 11.1. The Bertz CT molecular complexity index is 835. The zero-order chi connectivity index (χ0) is 20.6. The zero-order valence-corrected chi connectivity index (χ0v) is 18.7. The minimum absolute atomic E-state index is 0.0672. The van der Waals surface area contributed by atoms with Gasteiger partial charge >= 0.3 is 6.03 Å². The normalized spacial score (nSPS) is 12.9. The average Bonchev–Trinajstić information content (AvgIpc) is 3.13. The van der Waals surface area contributed by atoms with E-state index < -0.39 is 0 Å². The van der Waals surface area contributed by atoms with Gasteiger partial charge in [0.25, 0.3) is 0 Å². The quantitative estimate of drug-likeness (QED) is 0.378. The molecule has 0 saturated carbocycles. The average molecular weight is 456 g/mol. The van der Waals surface area contributed by atoms with Crippen LogP contribution in [0.25, 0.3) is 0 Å². The fraction of sp³-hybridized carbons (Fsp3) is 0.375. The number of nitrogens with one attached hydrogen (secondary N) is 1. The molecular formula is C24H30BrN3O. The first kappa shape index (κ1) is 21.6. The number of amides is 2. The molecule has 4 nitrogen and oxygen atoms in total. The second-order valence-corrected chi connectivity index (χ2v) is 8.58. The summed E-state index contributed by atoms with van der Waals surface area (Å²) in [6, 6.07) is 14.2. The van der Waals surface area contributed by atoms with Crippen molar-refractivity contribution in [1.82, 2.24) is 4.90 Å². The van der Waals surface area contributed by atoms with Crippen LogP contribution in [0.5, 0.6) is 0 Å². The topological polar surface area (TPSA) is 35.6 Å². The van der Waals surface area contributed by atoms with Gasteiger partial charge in [-0.1, -0.05) is 40.6 Å². The summed E-state index contributed by atoms with van der Waals surface area (Å²) in [6.45, 7) is 6.59. The molecule has 2 aromatic carbocycles. The van der Waals surface area contributed by atoms with Crippen molar-refractivity contribution in [1.29, 1.82) is 0 Å². The van der Waals surface area contributed by atoms with Crippen molar-refractivity contribution in [2.75, 3.05) is 36.9 Å². The SMILES string of the molecule is C=CCN(C)CCCCCc1ccc2c(c1)CCN2C(=O)Nc1ccc(Br)cc1. The number of urea groups is 1. The molecule has 1 N–H and O–H groups in total. The minimum Gasteiger partial charge on any atom is -0.308 e. The number of unbranched alkanes of at least 4 members (excludes halogenated alkanes) is 2. The minimum atomic E-state index is -0.0672. The zero-order valence-electron chi connectivity index (χ0n) is 17.2. The Morgan fingerprint density at radius 1 is 1.21 bits per heavy atom. The fourth-order valence-electron chi connectivity index (χ4n) is 3.75. The monoisotopic (exact) mass is 455 g/mol. The first-order chi connectivity index (χ1) is 14.1. The Kier molecular flexibility index (Phi) is 7.90. The molecule has 0 radical (unpaired) electrons. The summed E-state index contributed by atoms with van der Waals surface area (Å²) in [5.74, 6) is 0. The highest BCUT2D eigenvalue weighted by molar-refractivity contribution is 9.10. The van der Waals surface area contributed by atoms with Crippen molar-refractivity contribution in [2.45, 2.75) is 32.1 Å². The van der Waals surface area contributed by atoms with Crippen LogP contribution in [0.1, 0.15) is 30.4 Å². The number of carbonyl (C=O) groups excluding carboxylic acids is 1. The Labute approximate surface area is 182 Å². The number of hydrogen-bond acceptors (Lipinski definition) is 2. The number of hydrogen-bond donors (Lipinski definition) is 1. The van der Waals surface area contributed by atoms with Gasteiger partial charge in [-0.2, -0.15) is 0 Å². The summed E-state index contributed by atoms with van der Waals surface area (Å²) in [6.07, 6.45) is 7.63. The molecule has 1 heterocycles. The standard InChI is InChI=1S/C24H30BrN3O/c1-3-15-27(2)16-6-4-5-7-19-8-13-23-20(18-19)14-17-28(23)24(29)26-22-11-9-21(25)10-12-22/h3,8-13,18H,1,4-7,14-17H2,2H3,(H,26,29). The van der Waals surface area contributed by atoms with Crippen LogP contribution in [0, 0.1) is 0 Å². The Hall–Kier alpha value is -2.11. The number of anilines is 2. The summed E-state index contributed by atoms with van der Waals surface area (Å²) in [5, 5.41) is 2.99. The van der Waals surface area contributed by atoms with Gasteiger partial charge in [-0.25, -0.2) is 4.79 Å². The van der Waals surface area contributed by atoms with E-state index in [0.717, 1.165) is 48.3 Å². The Morgan fingerprint density at radius 2 is 2.00 bits per heavy atom. The lowest BCUT2D eigenvalue weighted by Gasteiger charge is -2.18. The maximum Gasteiger partial charge on any atom is 0.326 e. The van der Waals surface area contributed by atoms with Crippen LogP contribution in [0.15, 0.2) is 59.6 Å². The highest BCUT2D eigenvalue weighted by Gasteiger charge is 2.24. The summed E-state index contributed by atoms with van der Waals surface area (Å²) in [7, 11) is 2.14. The van der Waals surface area contributed by atoms with Crippen molar-refractivity contribution in [3.63, 3.8) is 0 Å². The Balaban J connectivity index is 1.49. The molecule has 0 aromatic heterocycles. The van der Waals surface area contributed by atoms with Gasteiger partial charge in [0.1, 0.15) is 0 Å². The molecule has 1 aliphatic heterocycles. The lowest BCUT2D eigenvalue weighted by Crippen LogP contribution is -2.33. The summed E-state index contributed by atoms with van der Waals surface area (Å²) < 4.78 is 0.998. The number of nitrogens with zero attached hydrogens (tertiary/aromatic N) is 2. The molecule has 0 unspecified atom stereocenters. The van der Waals surface area contributed by atoms with Gasteiger partial charge in [-0.15, -0.1) is 6.58 Å². The molecule has 0 aliphatic carbocycles. The molecule has 0 bridgehead atoms. The van der Waals surface area contributed by atoms with E-state index in [1.807, 2.05) is 35.2 Å². The van der Waals surface area contributed by atoms with Crippen molar-refractivity contribution in [2.24, 2.45) is 0 Å². The fourth-order valence-corrected chi connectivity index (χ4v) is 4.01. The molecule has 2 aromatic rings. The summed E-state index contributed by atoms with van der Waals surface area (Å²) in [4.78, 5) is 16.8. The van der Waals surface area contributed by atoms with Crippen molar-refractivity contribution >= 4 is 33.3 Å². The molecular weight excluding hydrogens is 426 g/mol. The third-order valence-electron chi connectivity index (χ3n) is 5.33. The third kappa shape index (κ3) is 6.18. The predicted molar refractivity (Wildman–Crippen MR) is 126 cm³/mol. The van der Waals surface area contributed by atoms with Gasteiger partial charge in [-0.3, -0.25) is 4.90 Å². The number of fused-ring (bicyclic) bond motifs is 1. The first-order valence-electron chi connectivity index (χ1n) is 10.3. The number of carbonyl (C=O) groups is 1. The number of likely N-dealkylation sites (N-methyl/N-ethyl adjacent to an activating group) is 1. The van der Waals surface area contributed by atoms with Gasteiger partial charge in [0.05, 0.1) is 0 Å². The maximum absolute atomic E-state index is 12.7. The van der Waals surface area contributed by atoms with E-state index in [2.05, 4.69) is 58.0 Å². The van der Waals surface area contributed by atoms with Gasteiger partial charge in [0.15, 0.2) is 0 Å². The number of benzene rings is 2. The molecule has 0 fully saturated rings. The molecule has 154 valence electrons. The van der Waals surface area contributed by atoms with Gasteiger partial charge in [0.2, 0.25) is 0 Å². The van der Waals surface area contributed by atoms with Crippen LogP contribution >= 0.6 is 15.9 Å². The lowest BCUT2D eigenvalue weighted by atomic mass is 10.0. The molecule has 29 heavy (non-hydrogen) atoms. The van der Waals surface area contributed by atoms with Crippen molar-refractivity contribution in [3.05, 3.63) is 70.7 Å². The molecule has 5 heteroatoms. The van der Waals surface area contributed by atoms with E-state index in [0.29, 0.717) is 0 Å². The molecule has 0 spiro atoms. The molecule has 2 amide bonds. The van der Waals surface area contributed by atoms with Crippen LogP contribution in [-0.2, 0) is 12.8 Å². The van der Waals surface area contributed by atoms with Crippen LogP contribution < -0.4 is 10.2 Å². The maximum atomic E-state index is 12.7. The van der Waals surface area contributed by atoms with Crippen molar-refractivity contribution < 1.29 is 4.79 Å². The number of rotatable bonds is 9. The van der Waals surface area contributed by atoms with Crippen LogP contribution in [0.3, 0.4) is 0 Å². The molecule has 0 saturated heterocycles. The predicted octanol–water partition coefficient (Wildman–Crippen LogP) is 5.87. The van der Waals surface area contributed by atoms with E-state index in [9.17, 15) is 4.79 Å². The van der Waals surface area contributed by atoms with E-state index >= 15 is 0 Å². The lowest BCUT2D eigenvalue weighted by molar-refractivity contribution is 0.257. The van der Waals surface area contributed by atoms with Gasteiger partial charge in [-0.05, 0) is 80.7 Å². The van der Waals surface area contributed by atoms with E-state index in [4.69, 9.17) is 0 Å². The molecule has 3 rings (SSSR count). The number of aryl methyl sites for hydroxylation is 1. The largest absolute Gasteiger partial charge is 0.326 e. The molecule has 1 aliphatic rings. The van der Waals surface area contributed by atoms with E-state index in [1.165, 1.54) is 30.4 Å². The third-order valence-corrected chi connectivity index (χ3v) is 5.85. The highest BCUT2D eigenvalue weighted by atomic mass is 79.9. The van der Waals surface area contributed by atoms with Crippen LogP contribution in [-0.4, -0.2) is 37.6 Å². The second-order valence-electron chi connectivity index (χ2n) is 7.66. The van der Waals surface area contributed by atoms with Crippen molar-refractivity contribution in [3.8, 4) is 0 Å². The van der Waals surface area contributed by atoms with E-state index in [1.54, 1.807) is 0 Å². The molecule has 0 atom stereocenters. The van der Waals surface area contributed by atoms with Gasteiger partial charge in [0, 0.05) is 28.9 Å².